The van der Waals surface area contributed by atoms with Crippen molar-refractivity contribution in [2.75, 3.05) is 5.32 Å². The Labute approximate surface area is 156 Å². The van der Waals surface area contributed by atoms with Gasteiger partial charge < -0.3 is 5.32 Å². The van der Waals surface area contributed by atoms with Crippen molar-refractivity contribution in [1.29, 1.82) is 0 Å². The number of aromatic nitrogens is 4. The van der Waals surface area contributed by atoms with Crippen LogP contribution < -0.4 is 5.32 Å². The Kier molecular flexibility index (Phi) is 6.03. The van der Waals surface area contributed by atoms with Gasteiger partial charge in [-0.2, -0.15) is 0 Å². The zero-order valence-electron chi connectivity index (χ0n) is 15.0. The average Bonchev–Trinajstić information content (AvgIpc) is 3.10. The van der Waals surface area contributed by atoms with Gasteiger partial charge in [0.1, 0.15) is 0 Å². The molecule has 0 aliphatic heterocycles. The standard InChI is InChI=1S/C18H23N5O2S/c1-12(17(25)14-8-10-15(11-9-14)19-13(2)24)26-18-20-21-22-23(18)16-6-4-3-5-7-16/h8-12,16H,3-7H2,1-2H3,(H,19,24). The molecule has 1 aliphatic carbocycles. The Hall–Kier alpha value is -2.22. The summed E-state index contributed by atoms with van der Waals surface area (Å²) in [6.45, 7) is 3.32. The second-order valence-electron chi connectivity index (χ2n) is 6.58. The maximum absolute atomic E-state index is 12.7. The van der Waals surface area contributed by atoms with Gasteiger partial charge in [0.05, 0.1) is 11.3 Å². The lowest BCUT2D eigenvalue weighted by Crippen LogP contribution is -2.18. The number of rotatable bonds is 6. The number of thioether (sulfide) groups is 1. The number of tetrazole rings is 1. The van der Waals surface area contributed by atoms with Gasteiger partial charge in [0.2, 0.25) is 11.1 Å². The summed E-state index contributed by atoms with van der Waals surface area (Å²) in [7, 11) is 0. The minimum absolute atomic E-state index is 0.0163. The minimum atomic E-state index is -0.296. The highest BCUT2D eigenvalue weighted by Crippen LogP contribution is 2.32. The van der Waals surface area contributed by atoms with E-state index in [0.29, 0.717) is 22.4 Å². The molecule has 2 aromatic rings. The molecule has 26 heavy (non-hydrogen) atoms. The molecule has 3 rings (SSSR count). The van der Waals surface area contributed by atoms with E-state index in [2.05, 4.69) is 20.8 Å². The Bertz CT molecular complexity index is 768. The van der Waals surface area contributed by atoms with Gasteiger partial charge in [0.25, 0.3) is 0 Å². The number of amides is 1. The summed E-state index contributed by atoms with van der Waals surface area (Å²) in [6.07, 6.45) is 5.84. The zero-order valence-corrected chi connectivity index (χ0v) is 15.8. The van der Waals surface area contributed by atoms with Crippen molar-refractivity contribution in [1.82, 2.24) is 20.2 Å². The number of nitrogens with one attached hydrogen (secondary N) is 1. The molecule has 7 nitrogen and oxygen atoms in total. The van der Waals surface area contributed by atoms with Crippen molar-refractivity contribution < 1.29 is 9.59 Å². The van der Waals surface area contributed by atoms with Crippen LogP contribution in [0.1, 0.15) is 62.4 Å². The van der Waals surface area contributed by atoms with Gasteiger partial charge in [-0.25, -0.2) is 4.68 Å². The van der Waals surface area contributed by atoms with Crippen LogP contribution in [-0.2, 0) is 4.79 Å². The fourth-order valence-electron chi connectivity index (χ4n) is 3.19. The SMILES string of the molecule is CC(=O)Nc1ccc(C(=O)C(C)Sc2nnnn2C2CCCCC2)cc1. The third-order valence-electron chi connectivity index (χ3n) is 4.52. The van der Waals surface area contributed by atoms with Crippen LogP contribution in [0.5, 0.6) is 0 Å². The Morgan fingerprint density at radius 2 is 1.88 bits per heavy atom. The molecule has 0 radical (unpaired) electrons. The summed E-state index contributed by atoms with van der Waals surface area (Å²) < 4.78 is 1.88. The molecule has 1 heterocycles. The van der Waals surface area contributed by atoms with Crippen LogP contribution in [0.2, 0.25) is 0 Å². The van der Waals surface area contributed by atoms with Crippen LogP contribution in [-0.4, -0.2) is 37.1 Å². The van der Waals surface area contributed by atoms with E-state index < -0.39 is 0 Å². The molecule has 1 aromatic carbocycles. The minimum Gasteiger partial charge on any atom is -0.326 e. The molecule has 1 saturated carbocycles. The third kappa shape index (κ3) is 4.49. The number of hydrogen-bond acceptors (Lipinski definition) is 6. The molecule has 1 aliphatic rings. The van der Waals surface area contributed by atoms with E-state index >= 15 is 0 Å². The largest absolute Gasteiger partial charge is 0.326 e. The molecular formula is C18H23N5O2S. The van der Waals surface area contributed by atoms with E-state index in [0.717, 1.165) is 12.8 Å². The van der Waals surface area contributed by atoms with E-state index in [9.17, 15) is 9.59 Å². The van der Waals surface area contributed by atoms with Crippen molar-refractivity contribution in [3.8, 4) is 0 Å². The van der Waals surface area contributed by atoms with Crippen LogP contribution >= 0.6 is 11.8 Å². The summed E-state index contributed by atoms with van der Waals surface area (Å²) in [6, 6.07) is 7.26. The second kappa shape index (κ2) is 8.44. The quantitative estimate of drug-likeness (QED) is 0.616. The van der Waals surface area contributed by atoms with Crippen LogP contribution in [0.15, 0.2) is 29.4 Å². The number of carbonyl (C=O) groups is 2. The predicted octanol–water partition coefficient (Wildman–Crippen LogP) is 3.50. The highest BCUT2D eigenvalue weighted by Gasteiger charge is 2.24. The lowest BCUT2D eigenvalue weighted by molar-refractivity contribution is -0.114. The first kappa shape index (κ1) is 18.6. The number of ketones is 1. The van der Waals surface area contributed by atoms with Gasteiger partial charge >= 0.3 is 0 Å². The predicted molar refractivity (Wildman–Crippen MR) is 100 cm³/mol. The highest BCUT2D eigenvalue weighted by molar-refractivity contribution is 8.00. The van der Waals surface area contributed by atoms with Gasteiger partial charge in [0.15, 0.2) is 5.78 Å². The van der Waals surface area contributed by atoms with Gasteiger partial charge in [-0.15, -0.1) is 5.10 Å². The molecule has 138 valence electrons. The highest BCUT2D eigenvalue weighted by atomic mass is 32.2. The topological polar surface area (TPSA) is 89.8 Å². The first-order valence-electron chi connectivity index (χ1n) is 8.91. The smallest absolute Gasteiger partial charge is 0.221 e. The third-order valence-corrected chi connectivity index (χ3v) is 5.57. The molecule has 8 heteroatoms. The fourth-order valence-corrected chi connectivity index (χ4v) is 4.12. The van der Waals surface area contributed by atoms with Crippen LogP contribution in [0.4, 0.5) is 5.69 Å². The Morgan fingerprint density at radius 3 is 2.54 bits per heavy atom. The molecule has 1 aromatic heterocycles. The van der Waals surface area contributed by atoms with E-state index in [1.165, 1.54) is 37.9 Å². The van der Waals surface area contributed by atoms with E-state index in [1.54, 1.807) is 24.3 Å². The fraction of sp³-hybridized carbons (Fsp3) is 0.500. The molecule has 1 amide bonds. The van der Waals surface area contributed by atoms with Gasteiger partial charge in [-0.05, 0) is 54.5 Å². The number of nitrogens with zero attached hydrogens (tertiary/aromatic N) is 4. The van der Waals surface area contributed by atoms with Gasteiger partial charge in [-0.3, -0.25) is 9.59 Å². The van der Waals surface area contributed by atoms with Crippen molar-refractivity contribution in [3.05, 3.63) is 29.8 Å². The van der Waals surface area contributed by atoms with Gasteiger partial charge in [0, 0.05) is 18.2 Å². The molecule has 0 bridgehead atoms. The molecule has 1 atom stereocenters. The van der Waals surface area contributed by atoms with Crippen molar-refractivity contribution in [3.63, 3.8) is 0 Å². The molecule has 0 saturated heterocycles. The van der Waals surface area contributed by atoms with Crippen molar-refractivity contribution >= 4 is 29.1 Å². The number of Topliss-reactive ketones (excluding diaryl/α,β-unsaturated/α-hetero) is 1. The Balaban J connectivity index is 1.66. The Morgan fingerprint density at radius 1 is 1.19 bits per heavy atom. The van der Waals surface area contributed by atoms with Crippen LogP contribution in [0, 0.1) is 0 Å². The molecule has 1 N–H and O–H groups in total. The second-order valence-corrected chi connectivity index (χ2v) is 7.89. The first-order chi connectivity index (χ1) is 12.5. The van der Waals surface area contributed by atoms with Crippen molar-refractivity contribution in [2.24, 2.45) is 0 Å². The van der Waals surface area contributed by atoms with Crippen molar-refractivity contribution in [2.45, 2.75) is 62.4 Å². The lowest BCUT2D eigenvalue weighted by Gasteiger charge is -2.22. The average molecular weight is 373 g/mol. The number of benzene rings is 1. The van der Waals surface area contributed by atoms with E-state index in [4.69, 9.17) is 0 Å². The normalized spacial score (nSPS) is 16.2. The zero-order chi connectivity index (χ0) is 18.5. The van der Waals surface area contributed by atoms with Gasteiger partial charge in [-0.1, -0.05) is 31.0 Å². The summed E-state index contributed by atoms with van der Waals surface area (Å²) >= 11 is 1.40. The molecule has 0 spiro atoms. The first-order valence-corrected chi connectivity index (χ1v) is 9.79. The maximum Gasteiger partial charge on any atom is 0.221 e. The summed E-state index contributed by atoms with van der Waals surface area (Å²) in [5, 5.41) is 15.2. The van der Waals surface area contributed by atoms with E-state index in [1.807, 2.05) is 11.6 Å². The number of hydrogen-bond donors (Lipinski definition) is 1. The summed E-state index contributed by atoms with van der Waals surface area (Å²) in [4.78, 5) is 23.8. The van der Waals surface area contributed by atoms with Crippen LogP contribution in [0.3, 0.4) is 0 Å². The number of anilines is 1. The maximum atomic E-state index is 12.7. The van der Waals surface area contributed by atoms with E-state index in [-0.39, 0.29) is 16.9 Å². The number of carbonyl (C=O) groups excluding carboxylic acids is 2. The van der Waals surface area contributed by atoms with Crippen LogP contribution in [0.25, 0.3) is 0 Å². The molecule has 1 unspecified atom stereocenters. The lowest BCUT2D eigenvalue weighted by atomic mass is 9.96. The monoisotopic (exact) mass is 373 g/mol. The molecular weight excluding hydrogens is 350 g/mol. The molecule has 1 fully saturated rings. The summed E-state index contributed by atoms with van der Waals surface area (Å²) in [5.74, 6) is -0.120. The summed E-state index contributed by atoms with van der Waals surface area (Å²) in [5.41, 5.74) is 1.28.